The zero-order valence-electron chi connectivity index (χ0n) is 24.1. The van der Waals surface area contributed by atoms with E-state index in [-0.39, 0.29) is 24.6 Å². The summed E-state index contributed by atoms with van der Waals surface area (Å²) in [6.45, 7) is 7.35. The molecule has 0 aromatic heterocycles. The van der Waals surface area contributed by atoms with E-state index in [1.165, 1.54) is 4.90 Å². The first-order chi connectivity index (χ1) is 19.3. The first-order valence-electron chi connectivity index (χ1n) is 13.4. The van der Waals surface area contributed by atoms with Crippen LogP contribution in [0.1, 0.15) is 38.8 Å². The molecule has 0 aliphatic rings. The number of hydrogen-bond acceptors (Lipinski definition) is 5. The highest BCUT2D eigenvalue weighted by atomic mass is 79.9. The topological polar surface area (TPSA) is 96.0 Å². The van der Waals surface area contributed by atoms with Gasteiger partial charge in [-0.25, -0.2) is 8.42 Å². The molecule has 0 fully saturated rings. The van der Waals surface area contributed by atoms with Crippen molar-refractivity contribution < 1.29 is 22.7 Å². The van der Waals surface area contributed by atoms with Gasteiger partial charge in [-0.15, -0.1) is 0 Å². The van der Waals surface area contributed by atoms with Gasteiger partial charge >= 0.3 is 0 Å². The fraction of sp³-hybridized carbons (Fsp3) is 0.355. The second-order valence-electron chi connectivity index (χ2n) is 10.8. The van der Waals surface area contributed by atoms with Gasteiger partial charge in [0, 0.05) is 23.0 Å². The predicted octanol–water partition coefficient (Wildman–Crippen LogP) is 5.17. The molecule has 2 amide bonds. The third kappa shape index (κ3) is 9.60. The Labute approximate surface area is 251 Å². The maximum absolute atomic E-state index is 14.2. The molecule has 0 saturated carbocycles. The average molecular weight is 645 g/mol. The van der Waals surface area contributed by atoms with Crippen LogP contribution in [0.4, 0.5) is 5.69 Å². The van der Waals surface area contributed by atoms with Crippen LogP contribution in [0.5, 0.6) is 5.75 Å². The second-order valence-corrected chi connectivity index (χ2v) is 13.6. The quantitative estimate of drug-likeness (QED) is 0.294. The first-order valence-corrected chi connectivity index (χ1v) is 16.0. The minimum Gasteiger partial charge on any atom is -0.492 e. The summed E-state index contributed by atoms with van der Waals surface area (Å²) in [5.41, 5.74) is 1.38. The van der Waals surface area contributed by atoms with Gasteiger partial charge in [-0.2, -0.15) is 0 Å². The fourth-order valence-corrected chi connectivity index (χ4v) is 5.45. The molecular weight excluding hydrogens is 606 g/mol. The number of carbonyl (C=O) groups is 2. The first kappa shape index (κ1) is 32.1. The maximum Gasteiger partial charge on any atom is 0.244 e. The van der Waals surface area contributed by atoms with Crippen molar-refractivity contribution >= 4 is 43.5 Å². The standard InChI is InChI=1S/C31H38BrN3O5S/c1-6-40-28-15-11-10-14-26(28)35(41(5,38)39)22-29(36)34(21-24-16-18-25(32)19-17-24)27(30(37)33-31(2,3)4)20-23-12-8-7-9-13-23/h7-19,27H,6,20-22H2,1-5H3,(H,33,37)/t27-/m0/s1. The second kappa shape index (κ2) is 14.0. The number of amides is 2. The van der Waals surface area contributed by atoms with Crippen molar-refractivity contribution in [2.24, 2.45) is 0 Å². The highest BCUT2D eigenvalue weighted by Gasteiger charge is 2.34. The van der Waals surface area contributed by atoms with Gasteiger partial charge in [0.1, 0.15) is 18.3 Å². The number of halogens is 1. The van der Waals surface area contributed by atoms with Gasteiger partial charge in [0.15, 0.2) is 0 Å². The lowest BCUT2D eigenvalue weighted by Crippen LogP contribution is -2.56. The molecule has 10 heteroatoms. The number of sulfonamides is 1. The van der Waals surface area contributed by atoms with Crippen LogP contribution in [0.15, 0.2) is 83.3 Å². The van der Waals surface area contributed by atoms with Crippen LogP contribution in [0.25, 0.3) is 0 Å². The molecule has 0 unspecified atom stereocenters. The molecule has 0 heterocycles. The van der Waals surface area contributed by atoms with Gasteiger partial charge in [-0.3, -0.25) is 13.9 Å². The van der Waals surface area contributed by atoms with E-state index in [4.69, 9.17) is 4.74 Å². The third-order valence-corrected chi connectivity index (χ3v) is 7.80. The van der Waals surface area contributed by atoms with Crippen LogP contribution < -0.4 is 14.4 Å². The Kier molecular flexibility index (Phi) is 11.0. The normalized spacial score (nSPS) is 12.3. The highest BCUT2D eigenvalue weighted by molar-refractivity contribution is 9.10. The number of ether oxygens (including phenoxy) is 1. The van der Waals surface area contributed by atoms with Crippen LogP contribution in [0, 0.1) is 0 Å². The summed E-state index contributed by atoms with van der Waals surface area (Å²) < 4.78 is 33.7. The fourth-order valence-electron chi connectivity index (χ4n) is 4.33. The lowest BCUT2D eigenvalue weighted by molar-refractivity contribution is -0.140. The molecule has 0 spiro atoms. The molecule has 0 aliphatic heterocycles. The molecule has 41 heavy (non-hydrogen) atoms. The number of benzene rings is 3. The molecule has 0 bridgehead atoms. The molecule has 3 aromatic rings. The molecule has 0 saturated heterocycles. The van der Waals surface area contributed by atoms with E-state index < -0.39 is 34.1 Å². The molecular formula is C31H38BrN3O5S. The van der Waals surface area contributed by atoms with E-state index in [0.29, 0.717) is 12.4 Å². The Balaban J connectivity index is 2.09. The molecule has 1 atom stereocenters. The van der Waals surface area contributed by atoms with Crippen LogP contribution in [0.2, 0.25) is 0 Å². The summed E-state index contributed by atoms with van der Waals surface area (Å²) >= 11 is 3.44. The van der Waals surface area contributed by atoms with Gasteiger partial charge in [0.05, 0.1) is 18.6 Å². The summed E-state index contributed by atoms with van der Waals surface area (Å²) in [6, 6.07) is 22.7. The zero-order valence-corrected chi connectivity index (χ0v) is 26.5. The van der Waals surface area contributed by atoms with Crippen molar-refractivity contribution in [1.29, 1.82) is 0 Å². The van der Waals surface area contributed by atoms with Crippen LogP contribution >= 0.6 is 15.9 Å². The molecule has 220 valence electrons. The number of anilines is 1. The number of rotatable bonds is 12. The van der Waals surface area contributed by atoms with Gasteiger partial charge < -0.3 is 15.0 Å². The molecule has 0 aliphatic carbocycles. The zero-order chi connectivity index (χ0) is 30.2. The van der Waals surface area contributed by atoms with E-state index in [1.54, 1.807) is 31.2 Å². The van der Waals surface area contributed by atoms with Crippen LogP contribution in [-0.2, 0) is 32.6 Å². The Morgan fingerprint density at radius 3 is 2.12 bits per heavy atom. The van der Waals surface area contributed by atoms with E-state index in [1.807, 2.05) is 75.4 Å². The number of nitrogens with one attached hydrogen (secondary N) is 1. The summed E-state index contributed by atoms with van der Waals surface area (Å²) in [6.07, 6.45) is 1.30. The minimum absolute atomic E-state index is 0.103. The maximum atomic E-state index is 14.2. The van der Waals surface area contributed by atoms with E-state index >= 15 is 0 Å². The van der Waals surface area contributed by atoms with Crippen LogP contribution in [-0.4, -0.2) is 56.1 Å². The van der Waals surface area contributed by atoms with Crippen molar-refractivity contribution in [3.63, 3.8) is 0 Å². The Hall–Kier alpha value is -3.37. The number of nitrogens with zero attached hydrogens (tertiary/aromatic N) is 2. The van der Waals surface area contributed by atoms with Crippen molar-refractivity contribution in [2.75, 3.05) is 23.7 Å². The van der Waals surface area contributed by atoms with Gasteiger partial charge in [-0.1, -0.05) is 70.5 Å². The SMILES string of the molecule is CCOc1ccccc1N(CC(=O)N(Cc1ccc(Br)cc1)[C@@H](Cc1ccccc1)C(=O)NC(C)(C)C)S(C)(=O)=O. The van der Waals surface area contributed by atoms with E-state index in [0.717, 1.165) is 26.2 Å². The molecule has 3 rings (SSSR count). The molecule has 8 nitrogen and oxygen atoms in total. The summed E-state index contributed by atoms with van der Waals surface area (Å²) in [5.74, 6) is -0.499. The smallest absolute Gasteiger partial charge is 0.244 e. The average Bonchev–Trinajstić information content (AvgIpc) is 2.90. The van der Waals surface area contributed by atoms with E-state index in [2.05, 4.69) is 21.2 Å². The van der Waals surface area contributed by atoms with Gasteiger partial charge in [-0.05, 0) is 63.1 Å². The summed E-state index contributed by atoms with van der Waals surface area (Å²) in [4.78, 5) is 29.5. The summed E-state index contributed by atoms with van der Waals surface area (Å²) in [7, 11) is -3.90. The van der Waals surface area contributed by atoms with Crippen molar-refractivity contribution in [1.82, 2.24) is 10.2 Å². The van der Waals surface area contributed by atoms with Gasteiger partial charge in [0.2, 0.25) is 21.8 Å². The van der Waals surface area contributed by atoms with Gasteiger partial charge in [0.25, 0.3) is 0 Å². The van der Waals surface area contributed by atoms with Crippen molar-refractivity contribution in [3.05, 3.63) is 94.5 Å². The Bertz CT molecular complexity index is 1420. The Morgan fingerprint density at radius 1 is 0.927 bits per heavy atom. The van der Waals surface area contributed by atoms with Crippen molar-refractivity contribution in [2.45, 2.75) is 52.2 Å². The predicted molar refractivity (Wildman–Crippen MR) is 166 cm³/mol. The van der Waals surface area contributed by atoms with Crippen LogP contribution in [0.3, 0.4) is 0 Å². The highest BCUT2D eigenvalue weighted by Crippen LogP contribution is 2.30. The lowest BCUT2D eigenvalue weighted by atomic mass is 10.0. The lowest BCUT2D eigenvalue weighted by Gasteiger charge is -2.35. The number of hydrogen-bond donors (Lipinski definition) is 1. The summed E-state index contributed by atoms with van der Waals surface area (Å²) in [5, 5.41) is 3.02. The van der Waals surface area contributed by atoms with E-state index in [9.17, 15) is 18.0 Å². The molecule has 1 N–H and O–H groups in total. The van der Waals surface area contributed by atoms with Crippen molar-refractivity contribution in [3.8, 4) is 5.75 Å². The monoisotopic (exact) mass is 643 g/mol. The molecule has 3 aromatic carbocycles. The molecule has 0 radical (unpaired) electrons. The largest absolute Gasteiger partial charge is 0.492 e. The number of para-hydroxylation sites is 2. The number of carbonyl (C=O) groups excluding carboxylic acids is 2. The minimum atomic E-state index is -3.90. The third-order valence-electron chi connectivity index (χ3n) is 6.15. The Morgan fingerprint density at radius 2 is 1.54 bits per heavy atom.